The third-order valence-electron chi connectivity index (χ3n) is 3.13. The number of hydrogen-bond donors (Lipinski definition) is 1. The van der Waals surface area contributed by atoms with E-state index in [1.807, 2.05) is 12.1 Å². The summed E-state index contributed by atoms with van der Waals surface area (Å²) in [6.07, 6.45) is 3.06. The molecule has 1 fully saturated rings. The Bertz CT molecular complexity index is 497. The van der Waals surface area contributed by atoms with E-state index in [9.17, 15) is 0 Å². The van der Waals surface area contributed by atoms with Gasteiger partial charge in [0.15, 0.2) is 0 Å². The average Bonchev–Trinajstić information content (AvgIpc) is 2.94. The molecule has 0 radical (unpaired) electrons. The van der Waals surface area contributed by atoms with Crippen molar-refractivity contribution in [3.05, 3.63) is 18.2 Å². The molecular formula is C12H15N3OSe. The molecule has 0 aromatic heterocycles. The minimum atomic E-state index is 0.0402. The van der Waals surface area contributed by atoms with Crippen molar-refractivity contribution in [2.45, 2.75) is 32.0 Å². The fourth-order valence-electron chi connectivity index (χ4n) is 2.21. The summed E-state index contributed by atoms with van der Waals surface area (Å²) in [6.45, 7) is 3.00. The molecule has 3 rings (SSSR count). The first kappa shape index (κ1) is 11.2. The molecule has 1 saturated heterocycles. The van der Waals surface area contributed by atoms with E-state index in [-0.39, 0.29) is 14.6 Å². The van der Waals surface area contributed by atoms with Gasteiger partial charge in [0.05, 0.1) is 0 Å². The van der Waals surface area contributed by atoms with E-state index in [4.69, 9.17) is 4.74 Å². The van der Waals surface area contributed by atoms with Gasteiger partial charge < -0.3 is 0 Å². The second-order valence-electron chi connectivity index (χ2n) is 4.46. The summed E-state index contributed by atoms with van der Waals surface area (Å²) in [5.41, 5.74) is 3.14. The Balaban J connectivity index is 1.66. The van der Waals surface area contributed by atoms with Crippen LogP contribution in [-0.2, 0) is 4.74 Å². The summed E-state index contributed by atoms with van der Waals surface area (Å²) >= 11 is 0.0402. The van der Waals surface area contributed by atoms with Gasteiger partial charge in [-0.25, -0.2) is 0 Å². The Kier molecular flexibility index (Phi) is 3.14. The predicted octanol–water partition coefficient (Wildman–Crippen LogP) is 3.01. The Morgan fingerprint density at radius 1 is 1.41 bits per heavy atom. The van der Waals surface area contributed by atoms with Crippen LogP contribution in [0.4, 0.5) is 17.1 Å². The van der Waals surface area contributed by atoms with Crippen molar-refractivity contribution < 1.29 is 4.74 Å². The zero-order valence-electron chi connectivity index (χ0n) is 9.72. The summed E-state index contributed by atoms with van der Waals surface area (Å²) in [7, 11) is 0. The quantitative estimate of drug-likeness (QED) is 0.885. The molecule has 0 saturated carbocycles. The molecule has 4 nitrogen and oxygen atoms in total. The fourth-order valence-corrected chi connectivity index (χ4v) is 3.36. The summed E-state index contributed by atoms with van der Waals surface area (Å²) in [5, 5.41) is 3.44. The van der Waals surface area contributed by atoms with Gasteiger partial charge >= 0.3 is 106 Å². The van der Waals surface area contributed by atoms with Gasteiger partial charge in [0.1, 0.15) is 0 Å². The van der Waals surface area contributed by atoms with Crippen molar-refractivity contribution >= 4 is 31.6 Å². The molecule has 17 heavy (non-hydrogen) atoms. The van der Waals surface area contributed by atoms with Crippen LogP contribution in [0.2, 0.25) is 0 Å². The maximum atomic E-state index is 5.79. The molecule has 2 heterocycles. The third-order valence-corrected chi connectivity index (χ3v) is 4.26. The van der Waals surface area contributed by atoms with Crippen LogP contribution in [0.15, 0.2) is 26.1 Å². The van der Waals surface area contributed by atoms with Crippen molar-refractivity contribution in [1.29, 1.82) is 0 Å². The molecule has 90 valence electrons. The number of rotatable bonds is 3. The summed E-state index contributed by atoms with van der Waals surface area (Å²) in [6, 6.07) is 6.12. The molecule has 1 aromatic rings. The van der Waals surface area contributed by atoms with Crippen LogP contribution >= 0.6 is 0 Å². The van der Waals surface area contributed by atoms with Crippen molar-refractivity contribution in [1.82, 2.24) is 0 Å². The van der Waals surface area contributed by atoms with Crippen LogP contribution in [0.1, 0.15) is 19.8 Å². The van der Waals surface area contributed by atoms with Gasteiger partial charge in [0, 0.05) is 0 Å². The predicted molar refractivity (Wildman–Crippen MR) is 68.4 cm³/mol. The molecule has 1 N–H and O–H groups in total. The van der Waals surface area contributed by atoms with Crippen molar-refractivity contribution in [2.75, 3.05) is 11.9 Å². The number of fused-ring (bicyclic) bond motifs is 1. The van der Waals surface area contributed by atoms with Crippen molar-refractivity contribution in [3.8, 4) is 0 Å². The number of benzene rings is 1. The van der Waals surface area contributed by atoms with Crippen LogP contribution in [0.3, 0.4) is 0 Å². The Morgan fingerprint density at radius 2 is 2.35 bits per heavy atom. The second kappa shape index (κ2) is 4.76. The van der Waals surface area contributed by atoms with E-state index in [1.54, 1.807) is 0 Å². The summed E-state index contributed by atoms with van der Waals surface area (Å²) in [5.74, 6) is 0. The molecule has 0 bridgehead atoms. The van der Waals surface area contributed by atoms with Gasteiger partial charge in [-0.2, -0.15) is 0 Å². The van der Waals surface area contributed by atoms with Crippen LogP contribution in [0.5, 0.6) is 0 Å². The van der Waals surface area contributed by atoms with Crippen LogP contribution < -0.4 is 5.32 Å². The molecule has 2 aliphatic rings. The molecule has 0 aliphatic carbocycles. The second-order valence-corrected chi connectivity index (χ2v) is 5.57. The van der Waals surface area contributed by atoms with Crippen LogP contribution in [-0.4, -0.2) is 33.3 Å². The normalized spacial score (nSPS) is 25.7. The van der Waals surface area contributed by atoms with E-state index in [0.29, 0.717) is 12.2 Å². The van der Waals surface area contributed by atoms with E-state index < -0.39 is 0 Å². The van der Waals surface area contributed by atoms with E-state index in [0.717, 1.165) is 30.0 Å². The first-order valence-corrected chi connectivity index (χ1v) is 7.47. The van der Waals surface area contributed by atoms with Gasteiger partial charge in [-0.15, -0.1) is 0 Å². The number of nitrogens with zero attached hydrogens (tertiary/aromatic N) is 2. The Labute approximate surface area is 107 Å². The van der Waals surface area contributed by atoms with Crippen molar-refractivity contribution in [3.63, 3.8) is 0 Å². The number of nitrogens with one attached hydrogen (secondary N) is 1. The first-order valence-electron chi connectivity index (χ1n) is 5.93. The summed E-state index contributed by atoms with van der Waals surface area (Å²) in [4.78, 5) is 0. The fraction of sp³-hybridized carbons (Fsp3) is 0.500. The minimum absolute atomic E-state index is 0.0402. The van der Waals surface area contributed by atoms with Crippen LogP contribution in [0.25, 0.3) is 0 Å². The molecule has 0 amide bonds. The number of ether oxygens (including phenoxy) is 1. The maximum absolute atomic E-state index is 5.79. The van der Waals surface area contributed by atoms with Crippen LogP contribution in [0, 0.1) is 0 Å². The summed E-state index contributed by atoms with van der Waals surface area (Å²) < 4.78 is 14.6. The zero-order chi connectivity index (χ0) is 11.7. The number of anilines is 1. The molecule has 5 heteroatoms. The van der Waals surface area contributed by atoms with Gasteiger partial charge in [-0.1, -0.05) is 0 Å². The molecule has 2 unspecified atom stereocenters. The Hall–Kier alpha value is -0.901. The molecule has 0 spiro atoms. The van der Waals surface area contributed by atoms with E-state index in [1.165, 1.54) is 6.42 Å². The monoisotopic (exact) mass is 297 g/mol. The Morgan fingerprint density at radius 3 is 3.18 bits per heavy atom. The molecule has 1 aromatic carbocycles. The average molecular weight is 296 g/mol. The molecular weight excluding hydrogens is 281 g/mol. The topological polar surface area (TPSA) is 46.0 Å². The third kappa shape index (κ3) is 2.36. The van der Waals surface area contributed by atoms with Gasteiger partial charge in [0.25, 0.3) is 0 Å². The van der Waals surface area contributed by atoms with E-state index in [2.05, 4.69) is 26.2 Å². The number of hydrogen-bond acceptors (Lipinski definition) is 4. The SMILES string of the molecule is CC1CCC(CNc2cccc3c2N=[Se]=N3)O1. The van der Waals surface area contributed by atoms with Gasteiger partial charge in [-0.3, -0.25) is 0 Å². The molecule has 2 atom stereocenters. The zero-order valence-corrected chi connectivity index (χ0v) is 11.4. The van der Waals surface area contributed by atoms with E-state index >= 15 is 0 Å². The van der Waals surface area contributed by atoms with Gasteiger partial charge in [-0.05, 0) is 0 Å². The standard InChI is InChI=1S/C12H15N3OSe/c1-8-5-6-9(16-8)7-13-10-3-2-4-11-12(10)15-17-14-11/h2-4,8-9,13H,5-7H2,1H3. The van der Waals surface area contributed by atoms with Gasteiger partial charge in [0.2, 0.25) is 0 Å². The first-order chi connectivity index (χ1) is 8.33. The molecule has 2 aliphatic heterocycles. The van der Waals surface area contributed by atoms with Crippen molar-refractivity contribution in [2.24, 2.45) is 7.92 Å².